The van der Waals surface area contributed by atoms with Crippen LogP contribution in [0.25, 0.3) is 0 Å². The number of unbranched alkanes of at least 4 members (excludes halogenated alkanes) is 2. The molecule has 0 unspecified atom stereocenters. The van der Waals surface area contributed by atoms with Crippen molar-refractivity contribution in [3.8, 4) is 0 Å². The zero-order valence-electron chi connectivity index (χ0n) is 13.7. The quantitative estimate of drug-likeness (QED) is 0.448. The maximum absolute atomic E-state index is 11.3. The normalized spacial score (nSPS) is 16.2. The van der Waals surface area contributed by atoms with Gasteiger partial charge in [-0.05, 0) is 45.1 Å². The molecular weight excluding hydrogens is 250 g/mol. The van der Waals surface area contributed by atoms with Crippen LogP contribution in [-0.2, 0) is 9.53 Å². The predicted octanol–water partition coefficient (Wildman–Crippen LogP) is 4.01. The first-order valence-corrected chi connectivity index (χ1v) is 8.53. The van der Waals surface area contributed by atoms with E-state index >= 15 is 0 Å². The van der Waals surface area contributed by atoms with Crippen LogP contribution in [-0.4, -0.2) is 36.6 Å². The van der Waals surface area contributed by atoms with Gasteiger partial charge in [0.1, 0.15) is 0 Å². The summed E-state index contributed by atoms with van der Waals surface area (Å²) in [6.07, 6.45) is 9.48. The minimum absolute atomic E-state index is 0.0395. The van der Waals surface area contributed by atoms with Gasteiger partial charge in [-0.2, -0.15) is 0 Å². The van der Waals surface area contributed by atoms with Crippen molar-refractivity contribution in [3.63, 3.8) is 0 Å². The van der Waals surface area contributed by atoms with Crippen LogP contribution in [0.3, 0.4) is 0 Å². The molecule has 0 bridgehead atoms. The Hall–Kier alpha value is -0.570. The molecule has 1 fully saturated rings. The molecule has 3 nitrogen and oxygen atoms in total. The lowest BCUT2D eigenvalue weighted by molar-refractivity contribution is -0.143. The van der Waals surface area contributed by atoms with Crippen LogP contribution in [0.2, 0.25) is 0 Å². The van der Waals surface area contributed by atoms with E-state index in [1.54, 1.807) is 0 Å². The minimum Gasteiger partial charge on any atom is -0.466 e. The van der Waals surface area contributed by atoms with E-state index in [1.165, 1.54) is 45.2 Å². The monoisotopic (exact) mass is 283 g/mol. The molecule has 1 aliphatic rings. The van der Waals surface area contributed by atoms with Crippen molar-refractivity contribution in [3.05, 3.63) is 0 Å². The van der Waals surface area contributed by atoms with Gasteiger partial charge in [0.05, 0.1) is 6.61 Å². The van der Waals surface area contributed by atoms with E-state index in [2.05, 4.69) is 18.7 Å². The van der Waals surface area contributed by atoms with Gasteiger partial charge in [0, 0.05) is 19.0 Å². The number of carbonyl (C=O) groups excluding carboxylic acids is 1. The second-order valence-electron chi connectivity index (χ2n) is 6.44. The molecular formula is C17H33NO2. The summed E-state index contributed by atoms with van der Waals surface area (Å²) < 4.78 is 4.95. The fourth-order valence-electron chi connectivity index (χ4n) is 3.16. The Morgan fingerprint density at radius 1 is 1.20 bits per heavy atom. The number of hydrogen-bond acceptors (Lipinski definition) is 3. The summed E-state index contributed by atoms with van der Waals surface area (Å²) in [5, 5.41) is 0. The Balaban J connectivity index is 2.16. The van der Waals surface area contributed by atoms with Gasteiger partial charge in [-0.25, -0.2) is 0 Å². The SMILES string of the molecule is CCOC(=O)CCCCCN(CC(C)C)C1CCCC1. The second kappa shape index (κ2) is 10.2. The molecule has 0 heterocycles. The molecule has 0 N–H and O–H groups in total. The largest absolute Gasteiger partial charge is 0.466 e. The lowest BCUT2D eigenvalue weighted by Crippen LogP contribution is -2.37. The Labute approximate surface area is 125 Å². The Morgan fingerprint density at radius 2 is 1.90 bits per heavy atom. The van der Waals surface area contributed by atoms with Crippen LogP contribution in [0, 0.1) is 5.92 Å². The van der Waals surface area contributed by atoms with Gasteiger partial charge < -0.3 is 9.64 Å². The van der Waals surface area contributed by atoms with Crippen molar-refractivity contribution >= 4 is 5.97 Å². The second-order valence-corrected chi connectivity index (χ2v) is 6.44. The van der Waals surface area contributed by atoms with Gasteiger partial charge in [0.15, 0.2) is 0 Å². The molecule has 1 aliphatic carbocycles. The molecule has 0 aromatic carbocycles. The molecule has 0 radical (unpaired) electrons. The first kappa shape index (κ1) is 17.5. The van der Waals surface area contributed by atoms with Crippen LogP contribution in [0.15, 0.2) is 0 Å². The number of hydrogen-bond donors (Lipinski definition) is 0. The standard InChI is InChI=1S/C17H33NO2/c1-4-20-17(19)12-6-5-9-13-18(14-15(2)3)16-10-7-8-11-16/h15-16H,4-14H2,1-3H3. The maximum Gasteiger partial charge on any atom is 0.305 e. The van der Waals surface area contributed by atoms with Crippen molar-refractivity contribution in [2.24, 2.45) is 5.92 Å². The van der Waals surface area contributed by atoms with Gasteiger partial charge in [-0.3, -0.25) is 4.79 Å². The predicted molar refractivity (Wildman–Crippen MR) is 83.8 cm³/mol. The Morgan fingerprint density at radius 3 is 2.50 bits per heavy atom. The third kappa shape index (κ3) is 7.28. The summed E-state index contributed by atoms with van der Waals surface area (Å²) >= 11 is 0. The molecule has 0 saturated heterocycles. The number of carbonyl (C=O) groups is 1. The van der Waals surface area contributed by atoms with Crippen LogP contribution in [0.5, 0.6) is 0 Å². The summed E-state index contributed by atoms with van der Waals surface area (Å²) in [5.74, 6) is 0.706. The first-order valence-electron chi connectivity index (χ1n) is 8.53. The van der Waals surface area contributed by atoms with Gasteiger partial charge in [0.2, 0.25) is 0 Å². The minimum atomic E-state index is -0.0395. The fourth-order valence-corrected chi connectivity index (χ4v) is 3.16. The third-order valence-electron chi connectivity index (χ3n) is 4.07. The third-order valence-corrected chi connectivity index (χ3v) is 4.07. The summed E-state index contributed by atoms with van der Waals surface area (Å²) in [7, 11) is 0. The molecule has 20 heavy (non-hydrogen) atoms. The Bertz CT molecular complexity index is 260. The van der Waals surface area contributed by atoms with Gasteiger partial charge in [0.25, 0.3) is 0 Å². The van der Waals surface area contributed by atoms with Gasteiger partial charge in [-0.15, -0.1) is 0 Å². The number of rotatable bonds is 10. The highest BCUT2D eigenvalue weighted by atomic mass is 16.5. The number of ether oxygens (including phenoxy) is 1. The van der Waals surface area contributed by atoms with E-state index in [0.29, 0.717) is 13.0 Å². The van der Waals surface area contributed by atoms with Crippen molar-refractivity contribution < 1.29 is 9.53 Å². The first-order chi connectivity index (χ1) is 9.63. The number of nitrogens with zero attached hydrogens (tertiary/aromatic N) is 1. The molecule has 0 aromatic heterocycles. The summed E-state index contributed by atoms with van der Waals surface area (Å²) in [6.45, 7) is 9.41. The summed E-state index contributed by atoms with van der Waals surface area (Å²) in [4.78, 5) is 14.0. The van der Waals surface area contributed by atoms with E-state index < -0.39 is 0 Å². The van der Waals surface area contributed by atoms with Crippen molar-refractivity contribution in [1.82, 2.24) is 4.90 Å². The van der Waals surface area contributed by atoms with Crippen molar-refractivity contribution in [1.29, 1.82) is 0 Å². The Kier molecular flexibility index (Phi) is 8.92. The molecule has 118 valence electrons. The average molecular weight is 283 g/mol. The molecule has 0 aromatic rings. The lowest BCUT2D eigenvalue weighted by Gasteiger charge is -2.30. The molecule has 0 amide bonds. The number of esters is 1. The topological polar surface area (TPSA) is 29.5 Å². The van der Waals surface area contributed by atoms with E-state index in [0.717, 1.165) is 24.8 Å². The summed E-state index contributed by atoms with van der Waals surface area (Å²) in [5.41, 5.74) is 0. The van der Waals surface area contributed by atoms with Crippen molar-refractivity contribution in [2.75, 3.05) is 19.7 Å². The highest BCUT2D eigenvalue weighted by Crippen LogP contribution is 2.24. The smallest absolute Gasteiger partial charge is 0.305 e. The molecule has 3 heteroatoms. The van der Waals surface area contributed by atoms with Crippen LogP contribution in [0.1, 0.15) is 72.1 Å². The highest BCUT2D eigenvalue weighted by molar-refractivity contribution is 5.69. The van der Waals surface area contributed by atoms with Gasteiger partial charge in [-0.1, -0.05) is 33.1 Å². The zero-order valence-corrected chi connectivity index (χ0v) is 13.7. The average Bonchev–Trinajstić information content (AvgIpc) is 2.90. The van der Waals surface area contributed by atoms with E-state index in [1.807, 2.05) is 6.92 Å². The fraction of sp³-hybridized carbons (Fsp3) is 0.941. The van der Waals surface area contributed by atoms with Crippen molar-refractivity contribution in [2.45, 2.75) is 78.2 Å². The molecule has 1 rings (SSSR count). The van der Waals surface area contributed by atoms with E-state index in [9.17, 15) is 4.79 Å². The van der Waals surface area contributed by atoms with Gasteiger partial charge >= 0.3 is 5.97 Å². The highest BCUT2D eigenvalue weighted by Gasteiger charge is 2.22. The zero-order chi connectivity index (χ0) is 14.8. The lowest BCUT2D eigenvalue weighted by atomic mass is 10.1. The van der Waals surface area contributed by atoms with E-state index in [4.69, 9.17) is 4.74 Å². The maximum atomic E-state index is 11.3. The molecule has 0 atom stereocenters. The van der Waals surface area contributed by atoms with Crippen LogP contribution < -0.4 is 0 Å². The van der Waals surface area contributed by atoms with Crippen LogP contribution >= 0.6 is 0 Å². The summed E-state index contributed by atoms with van der Waals surface area (Å²) in [6, 6.07) is 0.822. The van der Waals surface area contributed by atoms with Crippen LogP contribution in [0.4, 0.5) is 0 Å². The van der Waals surface area contributed by atoms with E-state index in [-0.39, 0.29) is 5.97 Å². The molecule has 0 spiro atoms. The molecule has 1 saturated carbocycles. The molecule has 0 aliphatic heterocycles.